The van der Waals surface area contributed by atoms with Crippen molar-refractivity contribution in [3.63, 3.8) is 0 Å². The van der Waals surface area contributed by atoms with E-state index in [1.54, 1.807) is 18.2 Å². The Kier molecular flexibility index (Phi) is 4.63. The van der Waals surface area contributed by atoms with Gasteiger partial charge in [0, 0.05) is 0 Å². The zero-order valence-corrected chi connectivity index (χ0v) is 13.8. The second kappa shape index (κ2) is 6.86. The molecule has 3 rings (SSSR count). The van der Waals surface area contributed by atoms with E-state index in [4.69, 9.17) is 11.6 Å². The predicted octanol–water partition coefficient (Wildman–Crippen LogP) is 3.59. The van der Waals surface area contributed by atoms with Gasteiger partial charge >= 0.3 is 5.97 Å². The van der Waals surface area contributed by atoms with Gasteiger partial charge in [-0.1, -0.05) is 23.7 Å². The van der Waals surface area contributed by atoms with Crippen LogP contribution in [0.1, 0.15) is 21.7 Å². The van der Waals surface area contributed by atoms with E-state index in [-0.39, 0.29) is 27.8 Å². The molecule has 3 aromatic rings. The molecule has 0 radical (unpaired) electrons. The number of hydrogen-bond acceptors (Lipinski definition) is 4. The molecule has 0 amide bonds. The molecular formula is C18H12ClFN2O3. The number of nitrogens with zero attached hydrogens (tertiary/aromatic N) is 1. The van der Waals surface area contributed by atoms with Crippen molar-refractivity contribution in [1.29, 1.82) is 0 Å². The van der Waals surface area contributed by atoms with Gasteiger partial charge in [0.15, 0.2) is 5.82 Å². The van der Waals surface area contributed by atoms with Crippen LogP contribution < -0.4 is 5.56 Å². The number of hydrogen-bond donors (Lipinski definition) is 1. The summed E-state index contributed by atoms with van der Waals surface area (Å²) >= 11 is 6.23. The number of H-pyrrole nitrogens is 1. The minimum atomic E-state index is -0.529. The first-order valence-electron chi connectivity index (χ1n) is 7.23. The molecule has 0 bridgehead atoms. The van der Waals surface area contributed by atoms with Crippen molar-refractivity contribution in [1.82, 2.24) is 9.97 Å². The number of carbonyl (C=O) groups is 1. The summed E-state index contributed by atoms with van der Waals surface area (Å²) in [5.41, 5.74) is 0.851. The number of rotatable bonds is 3. The van der Waals surface area contributed by atoms with Crippen LogP contribution in [0.2, 0.25) is 0 Å². The summed E-state index contributed by atoms with van der Waals surface area (Å²) in [5, 5.41) is 0.497. The van der Waals surface area contributed by atoms with E-state index in [0.717, 1.165) is 0 Å². The summed E-state index contributed by atoms with van der Waals surface area (Å²) in [4.78, 5) is 30.7. The van der Waals surface area contributed by atoms with Crippen LogP contribution in [0.25, 0.3) is 22.0 Å². The molecule has 0 aliphatic carbocycles. The minimum Gasteiger partial charge on any atom is -0.465 e. The molecule has 0 unspecified atom stereocenters. The molecule has 126 valence electrons. The molecule has 0 saturated heterocycles. The Morgan fingerprint density at radius 3 is 2.64 bits per heavy atom. The highest BCUT2D eigenvalue weighted by Crippen LogP contribution is 2.20. The van der Waals surface area contributed by atoms with E-state index in [0.29, 0.717) is 16.5 Å². The first-order valence-corrected chi connectivity index (χ1v) is 7.61. The predicted molar refractivity (Wildman–Crippen MR) is 93.8 cm³/mol. The Morgan fingerprint density at radius 2 is 1.96 bits per heavy atom. The van der Waals surface area contributed by atoms with Gasteiger partial charge in [0.25, 0.3) is 5.56 Å². The van der Waals surface area contributed by atoms with Gasteiger partial charge in [-0.25, -0.2) is 14.2 Å². The van der Waals surface area contributed by atoms with Gasteiger partial charge < -0.3 is 9.72 Å². The van der Waals surface area contributed by atoms with Gasteiger partial charge in [-0.2, -0.15) is 0 Å². The molecule has 0 aliphatic heterocycles. The summed E-state index contributed by atoms with van der Waals surface area (Å²) in [7, 11) is 1.27. The fourth-order valence-electron chi connectivity index (χ4n) is 2.27. The zero-order chi connectivity index (χ0) is 18.0. The largest absolute Gasteiger partial charge is 0.465 e. The quantitative estimate of drug-likeness (QED) is 0.726. The van der Waals surface area contributed by atoms with Crippen molar-refractivity contribution in [2.75, 3.05) is 7.11 Å². The van der Waals surface area contributed by atoms with E-state index >= 15 is 0 Å². The number of halogens is 2. The van der Waals surface area contributed by atoms with E-state index in [2.05, 4.69) is 14.7 Å². The first-order chi connectivity index (χ1) is 12.0. The lowest BCUT2D eigenvalue weighted by atomic mass is 10.1. The number of carbonyl (C=O) groups excluding carboxylic acids is 1. The highest BCUT2D eigenvalue weighted by atomic mass is 35.5. The second-order valence-corrected chi connectivity index (χ2v) is 5.59. The van der Waals surface area contributed by atoms with Gasteiger partial charge in [0.1, 0.15) is 5.82 Å². The minimum absolute atomic E-state index is 0.144. The van der Waals surface area contributed by atoms with Gasteiger partial charge in [-0.3, -0.25) is 4.79 Å². The first kappa shape index (κ1) is 16.9. The van der Waals surface area contributed by atoms with Crippen molar-refractivity contribution < 1.29 is 13.9 Å². The van der Waals surface area contributed by atoms with E-state index < -0.39 is 5.97 Å². The number of benzene rings is 2. The zero-order valence-electron chi connectivity index (χ0n) is 13.0. The molecule has 2 aromatic carbocycles. The smallest absolute Gasteiger partial charge is 0.337 e. The number of esters is 1. The SMILES string of the molecule is COC(=O)c1ccc2c(=O)[nH]c(C(Cl)=Cc3ccc(F)cc3)nc2c1. The Balaban J connectivity index is 2.08. The third-order valence-corrected chi connectivity index (χ3v) is 3.81. The Labute approximate surface area is 146 Å². The highest BCUT2D eigenvalue weighted by Gasteiger charge is 2.11. The standard InChI is InChI=1S/C18H12ClFN2O3/c1-25-18(24)11-4-7-13-15(9-11)21-16(22-17(13)23)14(19)8-10-2-5-12(20)6-3-10/h2-9H,1H3,(H,21,22,23). The van der Waals surface area contributed by atoms with Crippen LogP contribution in [0, 0.1) is 5.82 Å². The van der Waals surface area contributed by atoms with Crippen molar-refractivity contribution in [2.45, 2.75) is 0 Å². The number of methoxy groups -OCH3 is 1. The van der Waals surface area contributed by atoms with E-state index in [1.165, 1.54) is 37.4 Å². The van der Waals surface area contributed by atoms with E-state index in [9.17, 15) is 14.0 Å². The summed E-state index contributed by atoms with van der Waals surface area (Å²) in [6.07, 6.45) is 1.55. The van der Waals surface area contributed by atoms with Crippen LogP contribution in [0.4, 0.5) is 4.39 Å². The Morgan fingerprint density at radius 1 is 1.24 bits per heavy atom. The maximum Gasteiger partial charge on any atom is 0.337 e. The molecule has 0 spiro atoms. The number of fused-ring (bicyclic) bond motifs is 1. The molecule has 1 N–H and O–H groups in total. The summed E-state index contributed by atoms with van der Waals surface area (Å²) in [5.74, 6) is -0.746. The van der Waals surface area contributed by atoms with Crippen LogP contribution in [0.15, 0.2) is 47.3 Å². The average molecular weight is 359 g/mol. The third-order valence-electron chi connectivity index (χ3n) is 3.52. The third kappa shape index (κ3) is 3.59. The van der Waals surface area contributed by atoms with Crippen LogP contribution in [-0.2, 0) is 4.74 Å². The lowest BCUT2D eigenvalue weighted by molar-refractivity contribution is 0.0601. The molecule has 25 heavy (non-hydrogen) atoms. The monoisotopic (exact) mass is 358 g/mol. The summed E-state index contributed by atoms with van der Waals surface area (Å²) in [6, 6.07) is 10.1. The van der Waals surface area contributed by atoms with Crippen LogP contribution in [0.5, 0.6) is 0 Å². The molecule has 1 aromatic heterocycles. The summed E-state index contributed by atoms with van der Waals surface area (Å²) in [6.45, 7) is 0. The molecule has 0 saturated carbocycles. The molecule has 1 heterocycles. The van der Waals surface area contributed by atoms with Gasteiger partial charge in [0.05, 0.1) is 28.6 Å². The highest BCUT2D eigenvalue weighted by molar-refractivity contribution is 6.50. The fraction of sp³-hybridized carbons (Fsp3) is 0.0556. The molecule has 7 heteroatoms. The number of aromatic nitrogens is 2. The fourth-order valence-corrected chi connectivity index (χ4v) is 2.49. The van der Waals surface area contributed by atoms with Gasteiger partial charge in [-0.05, 0) is 42.0 Å². The van der Waals surface area contributed by atoms with Crippen molar-refractivity contribution in [2.24, 2.45) is 0 Å². The van der Waals surface area contributed by atoms with Crippen molar-refractivity contribution in [3.05, 3.63) is 75.6 Å². The lowest BCUT2D eigenvalue weighted by Crippen LogP contribution is -2.11. The van der Waals surface area contributed by atoms with E-state index in [1.807, 2.05) is 0 Å². The van der Waals surface area contributed by atoms with Crippen molar-refractivity contribution >= 4 is 39.6 Å². The molecule has 5 nitrogen and oxygen atoms in total. The van der Waals surface area contributed by atoms with Crippen molar-refractivity contribution in [3.8, 4) is 0 Å². The lowest BCUT2D eigenvalue weighted by Gasteiger charge is -2.04. The number of nitrogens with one attached hydrogen (secondary N) is 1. The maximum atomic E-state index is 13.0. The number of ether oxygens (including phenoxy) is 1. The van der Waals surface area contributed by atoms with Crippen LogP contribution in [0.3, 0.4) is 0 Å². The summed E-state index contributed by atoms with van der Waals surface area (Å²) < 4.78 is 17.6. The average Bonchev–Trinajstić information content (AvgIpc) is 2.62. The Bertz CT molecular complexity index is 1040. The van der Waals surface area contributed by atoms with Gasteiger partial charge in [-0.15, -0.1) is 0 Å². The normalized spacial score (nSPS) is 11.6. The van der Waals surface area contributed by atoms with Crippen LogP contribution in [-0.4, -0.2) is 23.0 Å². The number of aromatic amines is 1. The maximum absolute atomic E-state index is 13.0. The molecular weight excluding hydrogens is 347 g/mol. The molecule has 0 aliphatic rings. The molecule has 0 fully saturated rings. The Hall–Kier alpha value is -2.99. The topological polar surface area (TPSA) is 72.1 Å². The van der Waals surface area contributed by atoms with Gasteiger partial charge in [0.2, 0.25) is 0 Å². The molecule has 0 atom stereocenters. The second-order valence-electron chi connectivity index (χ2n) is 5.18. The van der Waals surface area contributed by atoms with Crippen LogP contribution >= 0.6 is 11.6 Å².